The highest BCUT2D eigenvalue weighted by Gasteiger charge is 2.28. The molecule has 2 heterocycles. The van der Waals surface area contributed by atoms with E-state index in [1.807, 2.05) is 43.1 Å². The fourth-order valence-electron chi connectivity index (χ4n) is 3.50. The zero-order valence-corrected chi connectivity index (χ0v) is 14.0. The Hall–Kier alpha value is -2.42. The topological polar surface area (TPSA) is 19.6 Å². The van der Waals surface area contributed by atoms with Gasteiger partial charge in [0.15, 0.2) is 5.58 Å². The minimum absolute atomic E-state index is 0.0648. The van der Waals surface area contributed by atoms with Gasteiger partial charge in [-0.05, 0) is 39.3 Å². The molecule has 23 heavy (non-hydrogen) atoms. The van der Waals surface area contributed by atoms with Crippen LogP contribution in [0.4, 0.5) is 5.69 Å². The monoisotopic (exact) mass is 307 g/mol. The molecule has 0 aliphatic carbocycles. The number of aryl methyl sites for hydroxylation is 1. The molecule has 0 spiro atoms. The Morgan fingerprint density at radius 1 is 1.09 bits per heavy atom. The molecule has 1 aliphatic rings. The molecular weight excluding hydrogens is 284 g/mol. The number of anilines is 1. The van der Waals surface area contributed by atoms with E-state index in [9.17, 15) is 0 Å². The number of benzene rings is 2. The van der Waals surface area contributed by atoms with Crippen LogP contribution in [-0.2, 0) is 0 Å². The zero-order chi connectivity index (χ0) is 17.1. The van der Waals surface area contributed by atoms with Crippen LogP contribution >= 0.6 is 0 Å². The normalized spacial score (nSPS) is 19.1. The van der Waals surface area contributed by atoms with Gasteiger partial charge >= 0.3 is 0 Å². The second-order valence-electron chi connectivity index (χ2n) is 6.40. The van der Waals surface area contributed by atoms with Gasteiger partial charge in [-0.25, -0.2) is 0 Å². The molecule has 1 aliphatic heterocycles. The van der Waals surface area contributed by atoms with Crippen molar-refractivity contribution in [3.8, 4) is 0 Å². The standard InChI is InChI=1S/C20H22N2O/c1-13(2)21-11-12-22(15(21)4)19-14(3)9-10-17-16-7-5-6-8-18(16)23-20(17)19/h5-13,15H,1-4H3/i13D. The average molecular weight is 307 g/mol. The smallest absolute Gasteiger partial charge is 0.159 e. The zero-order valence-electron chi connectivity index (χ0n) is 15.0. The highest BCUT2D eigenvalue weighted by Crippen LogP contribution is 2.39. The van der Waals surface area contributed by atoms with Gasteiger partial charge in [-0.2, -0.15) is 0 Å². The maximum Gasteiger partial charge on any atom is 0.159 e. The molecule has 1 unspecified atom stereocenters. The van der Waals surface area contributed by atoms with Gasteiger partial charge in [-0.3, -0.25) is 0 Å². The van der Waals surface area contributed by atoms with Crippen molar-refractivity contribution in [1.29, 1.82) is 0 Å². The van der Waals surface area contributed by atoms with Crippen molar-refractivity contribution in [2.75, 3.05) is 4.90 Å². The molecule has 0 N–H and O–H groups in total. The summed E-state index contributed by atoms with van der Waals surface area (Å²) in [5, 5.41) is 2.28. The highest BCUT2D eigenvalue weighted by atomic mass is 16.3. The van der Waals surface area contributed by atoms with Crippen LogP contribution in [-0.4, -0.2) is 17.1 Å². The highest BCUT2D eigenvalue weighted by molar-refractivity contribution is 6.09. The molecule has 3 heteroatoms. The van der Waals surface area contributed by atoms with Crippen molar-refractivity contribution in [1.82, 2.24) is 4.90 Å². The lowest BCUT2D eigenvalue weighted by atomic mass is 10.1. The van der Waals surface area contributed by atoms with Gasteiger partial charge in [-0.15, -0.1) is 0 Å². The minimum atomic E-state index is -0.666. The van der Waals surface area contributed by atoms with Crippen LogP contribution in [0.5, 0.6) is 0 Å². The summed E-state index contributed by atoms with van der Waals surface area (Å²) in [5.74, 6) is 0. The summed E-state index contributed by atoms with van der Waals surface area (Å²) < 4.78 is 14.5. The van der Waals surface area contributed by atoms with E-state index in [0.717, 1.165) is 27.6 Å². The predicted molar refractivity (Wildman–Crippen MR) is 96.5 cm³/mol. The Balaban J connectivity index is 1.91. The van der Waals surface area contributed by atoms with E-state index in [4.69, 9.17) is 5.79 Å². The second kappa shape index (κ2) is 5.05. The van der Waals surface area contributed by atoms with Crippen LogP contribution in [0.15, 0.2) is 53.2 Å². The molecule has 2 aromatic carbocycles. The van der Waals surface area contributed by atoms with E-state index in [-0.39, 0.29) is 6.17 Å². The van der Waals surface area contributed by atoms with E-state index < -0.39 is 6.02 Å². The third-order valence-corrected chi connectivity index (χ3v) is 4.69. The number of para-hydroxylation sites is 1. The van der Waals surface area contributed by atoms with Crippen LogP contribution in [0.3, 0.4) is 0 Å². The molecule has 3 nitrogen and oxygen atoms in total. The summed E-state index contributed by atoms with van der Waals surface area (Å²) in [5.41, 5.74) is 4.08. The quantitative estimate of drug-likeness (QED) is 0.645. The molecule has 0 saturated heterocycles. The third kappa shape index (κ3) is 2.03. The molecule has 0 amide bonds. The van der Waals surface area contributed by atoms with Crippen molar-refractivity contribution in [2.45, 2.75) is 39.9 Å². The number of furan rings is 1. The third-order valence-electron chi connectivity index (χ3n) is 4.69. The molecule has 1 atom stereocenters. The summed E-state index contributed by atoms with van der Waals surface area (Å²) in [4.78, 5) is 4.25. The predicted octanol–water partition coefficient (Wildman–Crippen LogP) is 5.24. The SMILES string of the molecule is [2H]C(C)(C)N1C=CN(c2c(C)ccc3c2oc2ccccc23)C1C. The molecule has 0 saturated carbocycles. The Kier molecular flexibility index (Phi) is 2.87. The van der Waals surface area contributed by atoms with Gasteiger partial charge in [-0.1, -0.05) is 30.3 Å². The number of rotatable bonds is 2. The number of hydrogen-bond acceptors (Lipinski definition) is 3. The number of hydrogen-bond donors (Lipinski definition) is 0. The Labute approximate surface area is 138 Å². The minimum Gasteiger partial charge on any atom is -0.454 e. The van der Waals surface area contributed by atoms with E-state index in [1.54, 1.807) is 0 Å². The fraction of sp³-hybridized carbons (Fsp3) is 0.300. The van der Waals surface area contributed by atoms with Crippen molar-refractivity contribution < 1.29 is 5.79 Å². The van der Waals surface area contributed by atoms with E-state index >= 15 is 0 Å². The van der Waals surface area contributed by atoms with Gasteiger partial charge in [0.2, 0.25) is 0 Å². The summed E-state index contributed by atoms with van der Waals surface area (Å²) >= 11 is 0. The Bertz CT molecular complexity index is 951. The van der Waals surface area contributed by atoms with Crippen LogP contribution in [0.25, 0.3) is 21.9 Å². The van der Waals surface area contributed by atoms with E-state index in [1.165, 1.54) is 5.56 Å². The molecule has 0 bridgehead atoms. The lowest BCUT2D eigenvalue weighted by Crippen LogP contribution is -2.39. The van der Waals surface area contributed by atoms with Crippen molar-refractivity contribution in [3.05, 3.63) is 54.4 Å². The second-order valence-corrected chi connectivity index (χ2v) is 6.40. The Morgan fingerprint density at radius 3 is 2.61 bits per heavy atom. The maximum atomic E-state index is 8.34. The van der Waals surface area contributed by atoms with Crippen LogP contribution in [0.2, 0.25) is 0 Å². The summed E-state index contributed by atoms with van der Waals surface area (Å²) in [6.07, 6.45) is 4.11. The van der Waals surface area contributed by atoms with Gasteiger partial charge in [0, 0.05) is 29.2 Å². The largest absolute Gasteiger partial charge is 0.454 e. The van der Waals surface area contributed by atoms with Crippen molar-refractivity contribution in [3.63, 3.8) is 0 Å². The van der Waals surface area contributed by atoms with Crippen LogP contribution < -0.4 is 4.90 Å². The Morgan fingerprint density at radius 2 is 1.87 bits per heavy atom. The molecule has 1 aromatic heterocycles. The van der Waals surface area contributed by atoms with Gasteiger partial charge < -0.3 is 14.2 Å². The van der Waals surface area contributed by atoms with E-state index in [2.05, 4.69) is 43.1 Å². The summed E-state index contributed by atoms with van der Waals surface area (Å²) in [7, 11) is 0. The first-order chi connectivity index (χ1) is 11.4. The van der Waals surface area contributed by atoms with Crippen LogP contribution in [0.1, 0.15) is 27.7 Å². The van der Waals surface area contributed by atoms with Crippen molar-refractivity contribution in [2.24, 2.45) is 0 Å². The molecular formula is C20H22N2O. The molecule has 118 valence electrons. The van der Waals surface area contributed by atoms with Gasteiger partial charge in [0.25, 0.3) is 0 Å². The van der Waals surface area contributed by atoms with Gasteiger partial charge in [0.05, 0.1) is 7.06 Å². The molecule has 0 fully saturated rings. The first-order valence-corrected chi connectivity index (χ1v) is 8.04. The first-order valence-electron chi connectivity index (χ1n) is 8.54. The molecule has 0 radical (unpaired) electrons. The lowest BCUT2D eigenvalue weighted by molar-refractivity contribution is 0.263. The molecule has 3 aromatic rings. The van der Waals surface area contributed by atoms with E-state index in [0.29, 0.717) is 0 Å². The summed E-state index contributed by atoms with van der Waals surface area (Å²) in [6, 6.07) is 11.8. The fourth-order valence-corrected chi connectivity index (χ4v) is 3.50. The van der Waals surface area contributed by atoms with Crippen LogP contribution in [0, 0.1) is 6.92 Å². The number of fused-ring (bicyclic) bond motifs is 3. The molecule has 4 rings (SSSR count). The van der Waals surface area contributed by atoms with Crippen molar-refractivity contribution >= 4 is 27.6 Å². The number of nitrogens with zero attached hydrogens (tertiary/aromatic N) is 2. The average Bonchev–Trinajstić information content (AvgIpc) is 3.07. The maximum absolute atomic E-state index is 8.34. The first kappa shape index (κ1) is 13.1. The summed E-state index contributed by atoms with van der Waals surface area (Å²) in [6.45, 7) is 8.05. The van der Waals surface area contributed by atoms with Gasteiger partial charge in [0.1, 0.15) is 11.7 Å². The lowest BCUT2D eigenvalue weighted by Gasteiger charge is -2.33.